The van der Waals surface area contributed by atoms with Crippen molar-refractivity contribution in [2.45, 2.75) is 39.5 Å². The quantitative estimate of drug-likeness (QED) is 0.214. The average molecular weight is 460 g/mol. The van der Waals surface area contributed by atoms with Crippen LogP contribution in [-0.4, -0.2) is 38.5 Å². The summed E-state index contributed by atoms with van der Waals surface area (Å²) in [6.07, 6.45) is 6.23. The minimum atomic E-state index is 0.317. The van der Waals surface area contributed by atoms with E-state index in [0.29, 0.717) is 17.2 Å². The SMILES string of the molecule is CCCCN(/C=N/c1oc(-c2ccc(OC)cc2)c(-c2ccc(OC)cc2)c1C#N)CCCC. The second-order valence-electron chi connectivity index (χ2n) is 8.04. The lowest BCUT2D eigenvalue weighted by molar-refractivity contribution is 0.408. The normalized spacial score (nSPS) is 10.9. The Balaban J connectivity index is 2.09. The van der Waals surface area contributed by atoms with Crippen LogP contribution in [0.15, 0.2) is 57.9 Å². The van der Waals surface area contributed by atoms with Crippen molar-refractivity contribution >= 4 is 12.2 Å². The third-order valence-electron chi connectivity index (χ3n) is 5.67. The highest BCUT2D eigenvalue weighted by molar-refractivity contribution is 5.88. The zero-order valence-electron chi connectivity index (χ0n) is 20.5. The Bertz CT molecular complexity index is 1100. The van der Waals surface area contributed by atoms with Gasteiger partial charge in [0.1, 0.15) is 28.9 Å². The largest absolute Gasteiger partial charge is 0.497 e. The molecule has 3 rings (SSSR count). The molecule has 6 nitrogen and oxygen atoms in total. The molecule has 0 amide bonds. The molecule has 0 aliphatic heterocycles. The Morgan fingerprint density at radius 3 is 1.88 bits per heavy atom. The number of ether oxygens (including phenoxy) is 2. The Morgan fingerprint density at radius 1 is 0.882 bits per heavy atom. The zero-order chi connectivity index (χ0) is 24.3. The summed E-state index contributed by atoms with van der Waals surface area (Å²) >= 11 is 0. The highest BCUT2D eigenvalue weighted by Gasteiger charge is 2.23. The van der Waals surface area contributed by atoms with E-state index in [1.807, 2.05) is 54.9 Å². The van der Waals surface area contributed by atoms with Gasteiger partial charge in [0.2, 0.25) is 5.88 Å². The number of methoxy groups -OCH3 is 2. The van der Waals surface area contributed by atoms with Crippen molar-refractivity contribution in [1.29, 1.82) is 5.26 Å². The maximum absolute atomic E-state index is 10.1. The highest BCUT2D eigenvalue weighted by atomic mass is 16.5. The molecule has 1 aromatic heterocycles. The molecule has 0 saturated heterocycles. The number of rotatable bonds is 12. The van der Waals surface area contributed by atoms with Crippen molar-refractivity contribution in [2.75, 3.05) is 27.3 Å². The molecule has 0 bridgehead atoms. The van der Waals surface area contributed by atoms with Crippen LogP contribution >= 0.6 is 0 Å². The Hall–Kier alpha value is -3.72. The maximum Gasteiger partial charge on any atom is 0.239 e. The Kier molecular flexibility index (Phi) is 9.16. The maximum atomic E-state index is 10.1. The first-order valence-electron chi connectivity index (χ1n) is 11.8. The first-order valence-corrected chi connectivity index (χ1v) is 11.8. The van der Waals surface area contributed by atoms with Gasteiger partial charge in [-0.2, -0.15) is 5.26 Å². The number of hydrogen-bond acceptors (Lipinski definition) is 5. The number of nitrogens with zero attached hydrogens (tertiary/aromatic N) is 3. The predicted molar refractivity (Wildman–Crippen MR) is 137 cm³/mol. The van der Waals surface area contributed by atoms with Gasteiger partial charge < -0.3 is 18.8 Å². The van der Waals surface area contributed by atoms with E-state index in [2.05, 4.69) is 29.8 Å². The molecule has 0 aliphatic carbocycles. The monoisotopic (exact) mass is 459 g/mol. The van der Waals surface area contributed by atoms with Crippen LogP contribution < -0.4 is 9.47 Å². The second-order valence-corrected chi connectivity index (χ2v) is 8.04. The fourth-order valence-corrected chi connectivity index (χ4v) is 3.68. The van der Waals surface area contributed by atoms with E-state index in [0.717, 1.165) is 67.0 Å². The summed E-state index contributed by atoms with van der Waals surface area (Å²) in [4.78, 5) is 6.85. The van der Waals surface area contributed by atoms with Gasteiger partial charge in [0.15, 0.2) is 0 Å². The summed E-state index contributed by atoms with van der Waals surface area (Å²) in [6, 6.07) is 17.5. The van der Waals surface area contributed by atoms with Crippen molar-refractivity contribution in [3.8, 4) is 40.0 Å². The minimum absolute atomic E-state index is 0.317. The summed E-state index contributed by atoms with van der Waals surface area (Å²) in [5, 5.41) is 10.1. The van der Waals surface area contributed by atoms with Crippen LogP contribution in [0.3, 0.4) is 0 Å². The van der Waals surface area contributed by atoms with Gasteiger partial charge in [0, 0.05) is 24.2 Å². The molecule has 6 heteroatoms. The molecule has 0 atom stereocenters. The average Bonchev–Trinajstić information content (AvgIpc) is 3.26. The van der Waals surface area contributed by atoms with E-state index >= 15 is 0 Å². The van der Waals surface area contributed by atoms with Gasteiger partial charge in [0.05, 0.1) is 20.6 Å². The molecule has 0 fully saturated rings. The van der Waals surface area contributed by atoms with Crippen LogP contribution in [0.2, 0.25) is 0 Å². The third-order valence-corrected chi connectivity index (χ3v) is 5.67. The molecule has 178 valence electrons. The molecule has 3 aromatic rings. The molecule has 0 aliphatic rings. The Labute approximate surface area is 202 Å². The van der Waals surface area contributed by atoms with Gasteiger partial charge in [-0.15, -0.1) is 0 Å². The Morgan fingerprint density at radius 2 is 1.41 bits per heavy atom. The van der Waals surface area contributed by atoms with Crippen molar-refractivity contribution in [1.82, 2.24) is 4.90 Å². The second kappa shape index (κ2) is 12.5. The van der Waals surface area contributed by atoms with Crippen LogP contribution in [0, 0.1) is 11.3 Å². The van der Waals surface area contributed by atoms with E-state index in [-0.39, 0.29) is 0 Å². The number of furan rings is 1. The van der Waals surface area contributed by atoms with Crippen LogP contribution in [-0.2, 0) is 0 Å². The van der Waals surface area contributed by atoms with Crippen LogP contribution in [0.25, 0.3) is 22.5 Å². The molecular formula is C28H33N3O3. The third kappa shape index (κ3) is 5.99. The van der Waals surface area contributed by atoms with E-state index < -0.39 is 0 Å². The molecule has 0 radical (unpaired) electrons. The molecule has 0 saturated carbocycles. The number of nitriles is 1. The predicted octanol–water partition coefficient (Wildman–Crippen LogP) is 7.06. The van der Waals surface area contributed by atoms with Crippen LogP contribution in [0.4, 0.5) is 5.88 Å². The van der Waals surface area contributed by atoms with Crippen molar-refractivity contribution in [3.05, 3.63) is 54.1 Å². The van der Waals surface area contributed by atoms with Gasteiger partial charge in [-0.3, -0.25) is 0 Å². The first-order chi connectivity index (χ1) is 16.6. The lowest BCUT2D eigenvalue weighted by Gasteiger charge is -2.18. The molecule has 0 unspecified atom stereocenters. The zero-order valence-corrected chi connectivity index (χ0v) is 20.5. The topological polar surface area (TPSA) is 71.0 Å². The molecule has 1 heterocycles. The van der Waals surface area contributed by atoms with Crippen molar-refractivity contribution < 1.29 is 13.9 Å². The van der Waals surface area contributed by atoms with E-state index in [1.165, 1.54) is 0 Å². The van der Waals surface area contributed by atoms with E-state index in [4.69, 9.17) is 13.9 Å². The van der Waals surface area contributed by atoms with Crippen molar-refractivity contribution in [3.63, 3.8) is 0 Å². The number of unbranched alkanes of at least 4 members (excludes halogenated alkanes) is 2. The van der Waals surface area contributed by atoms with Gasteiger partial charge in [-0.1, -0.05) is 38.8 Å². The lowest BCUT2D eigenvalue weighted by atomic mass is 9.98. The summed E-state index contributed by atoms with van der Waals surface area (Å²) in [5.74, 6) is 2.42. The fourth-order valence-electron chi connectivity index (χ4n) is 3.68. The molecule has 0 spiro atoms. The van der Waals surface area contributed by atoms with Gasteiger partial charge in [-0.25, -0.2) is 4.99 Å². The first kappa shape index (κ1) is 24.9. The molecule has 0 N–H and O–H groups in total. The van der Waals surface area contributed by atoms with Gasteiger partial charge >= 0.3 is 0 Å². The van der Waals surface area contributed by atoms with Crippen LogP contribution in [0.1, 0.15) is 45.1 Å². The minimum Gasteiger partial charge on any atom is -0.497 e. The number of aliphatic imine (C=N–C) groups is 1. The smallest absolute Gasteiger partial charge is 0.239 e. The van der Waals surface area contributed by atoms with E-state index in [1.54, 1.807) is 14.2 Å². The highest BCUT2D eigenvalue weighted by Crippen LogP contribution is 2.43. The fraction of sp³-hybridized carbons (Fsp3) is 0.357. The molecular weight excluding hydrogens is 426 g/mol. The lowest BCUT2D eigenvalue weighted by Crippen LogP contribution is -2.24. The van der Waals surface area contributed by atoms with Crippen molar-refractivity contribution in [2.24, 2.45) is 4.99 Å². The number of benzene rings is 2. The summed E-state index contributed by atoms with van der Waals surface area (Å²) < 4.78 is 16.9. The standard InChI is InChI=1S/C28H33N3O3/c1-5-7-17-31(18-8-6-2)20-30-28-25(19-29)26(21-9-13-23(32-3)14-10-21)27(34-28)22-11-15-24(33-4)16-12-22/h9-16,20H,5-8,17-18H2,1-4H3/b30-20+. The molecule has 34 heavy (non-hydrogen) atoms. The summed E-state index contributed by atoms with van der Waals surface area (Å²) in [7, 11) is 3.26. The number of hydrogen-bond donors (Lipinski definition) is 0. The van der Waals surface area contributed by atoms with Gasteiger partial charge in [0.25, 0.3) is 0 Å². The van der Waals surface area contributed by atoms with Crippen LogP contribution in [0.5, 0.6) is 11.5 Å². The summed E-state index contributed by atoms with van der Waals surface area (Å²) in [5.41, 5.74) is 2.84. The summed E-state index contributed by atoms with van der Waals surface area (Å²) in [6.45, 7) is 6.22. The van der Waals surface area contributed by atoms with Gasteiger partial charge in [-0.05, 0) is 54.8 Å². The van der Waals surface area contributed by atoms with E-state index in [9.17, 15) is 5.26 Å². The molecule has 2 aromatic carbocycles.